The molecule has 0 aliphatic heterocycles. The van der Waals surface area contributed by atoms with Crippen LogP contribution in [0.25, 0.3) is 11.1 Å². The molecule has 3 aromatic rings. The monoisotopic (exact) mass is 345 g/mol. The van der Waals surface area contributed by atoms with Gasteiger partial charge in [0, 0.05) is 5.56 Å². The van der Waals surface area contributed by atoms with E-state index >= 15 is 0 Å². The standard InChI is InChI=1S/C22H19NO3/c1-15(16-11-13-18(14-12-16)22(25)26)23-21(24)20-10-6-5-9-19(20)17-7-3-2-4-8-17/h2-15H,1H3,(H,23,24)(H,25,26)/t15-/m1/s1. The summed E-state index contributed by atoms with van der Waals surface area (Å²) >= 11 is 0. The quantitative estimate of drug-likeness (QED) is 0.713. The van der Waals surface area contributed by atoms with Crippen molar-refractivity contribution >= 4 is 11.9 Å². The van der Waals surface area contributed by atoms with Crippen LogP contribution >= 0.6 is 0 Å². The van der Waals surface area contributed by atoms with Gasteiger partial charge in [0.25, 0.3) is 5.91 Å². The molecule has 130 valence electrons. The Labute approximate surface area is 152 Å². The molecule has 0 saturated carbocycles. The molecule has 26 heavy (non-hydrogen) atoms. The highest BCUT2D eigenvalue weighted by atomic mass is 16.4. The minimum Gasteiger partial charge on any atom is -0.478 e. The van der Waals surface area contributed by atoms with Gasteiger partial charge in [-0.3, -0.25) is 4.79 Å². The van der Waals surface area contributed by atoms with Crippen LogP contribution in [0, 0.1) is 0 Å². The number of carbonyl (C=O) groups is 2. The van der Waals surface area contributed by atoms with Gasteiger partial charge in [0.2, 0.25) is 0 Å². The second-order valence-electron chi connectivity index (χ2n) is 6.03. The highest BCUT2D eigenvalue weighted by Gasteiger charge is 2.15. The molecule has 0 aromatic heterocycles. The number of hydrogen-bond acceptors (Lipinski definition) is 2. The molecule has 4 nitrogen and oxygen atoms in total. The third-order valence-corrected chi connectivity index (χ3v) is 4.26. The van der Waals surface area contributed by atoms with Crippen molar-refractivity contribution in [2.45, 2.75) is 13.0 Å². The first-order valence-corrected chi connectivity index (χ1v) is 8.35. The Morgan fingerprint density at radius 1 is 0.846 bits per heavy atom. The first-order valence-electron chi connectivity index (χ1n) is 8.35. The van der Waals surface area contributed by atoms with Crippen molar-refractivity contribution < 1.29 is 14.7 Å². The number of carboxylic acids is 1. The van der Waals surface area contributed by atoms with E-state index in [-0.39, 0.29) is 17.5 Å². The highest BCUT2D eigenvalue weighted by molar-refractivity contribution is 6.01. The van der Waals surface area contributed by atoms with E-state index in [1.54, 1.807) is 18.2 Å². The van der Waals surface area contributed by atoms with Crippen LogP contribution in [0.2, 0.25) is 0 Å². The lowest BCUT2D eigenvalue weighted by molar-refractivity contribution is 0.0696. The molecule has 0 saturated heterocycles. The van der Waals surface area contributed by atoms with Gasteiger partial charge in [-0.2, -0.15) is 0 Å². The van der Waals surface area contributed by atoms with Gasteiger partial charge in [0.15, 0.2) is 0 Å². The molecule has 4 heteroatoms. The van der Waals surface area contributed by atoms with Crippen molar-refractivity contribution in [1.29, 1.82) is 0 Å². The van der Waals surface area contributed by atoms with E-state index in [0.29, 0.717) is 5.56 Å². The molecule has 0 fully saturated rings. The number of benzene rings is 3. The number of carboxylic acid groups (broad SMARTS) is 1. The molecule has 0 aliphatic carbocycles. The molecule has 0 bridgehead atoms. The molecule has 1 atom stereocenters. The average Bonchev–Trinajstić information content (AvgIpc) is 2.68. The summed E-state index contributed by atoms with van der Waals surface area (Å²) in [4.78, 5) is 23.7. The van der Waals surface area contributed by atoms with Crippen molar-refractivity contribution in [1.82, 2.24) is 5.32 Å². The molecule has 1 amide bonds. The fourth-order valence-electron chi connectivity index (χ4n) is 2.82. The predicted molar refractivity (Wildman–Crippen MR) is 101 cm³/mol. The van der Waals surface area contributed by atoms with Crippen LogP contribution in [0.4, 0.5) is 0 Å². The van der Waals surface area contributed by atoms with Crippen molar-refractivity contribution in [3.63, 3.8) is 0 Å². The Kier molecular flexibility index (Phi) is 5.13. The Bertz CT molecular complexity index is 918. The SMILES string of the molecule is C[C@@H](NC(=O)c1ccccc1-c1ccccc1)c1ccc(C(=O)O)cc1. The molecule has 0 unspecified atom stereocenters. The van der Waals surface area contributed by atoms with Crippen molar-refractivity contribution in [3.8, 4) is 11.1 Å². The summed E-state index contributed by atoms with van der Waals surface area (Å²) in [7, 11) is 0. The van der Waals surface area contributed by atoms with Gasteiger partial charge in [-0.15, -0.1) is 0 Å². The first-order chi connectivity index (χ1) is 12.6. The van der Waals surface area contributed by atoms with Gasteiger partial charge in [0.1, 0.15) is 0 Å². The van der Waals surface area contributed by atoms with E-state index in [1.807, 2.05) is 55.5 Å². The van der Waals surface area contributed by atoms with Crippen molar-refractivity contribution in [2.24, 2.45) is 0 Å². The van der Waals surface area contributed by atoms with Crippen LogP contribution in [0.3, 0.4) is 0 Å². The topological polar surface area (TPSA) is 66.4 Å². The number of amides is 1. The van der Waals surface area contributed by atoms with Crippen LogP contribution in [0.1, 0.15) is 39.2 Å². The summed E-state index contributed by atoms with van der Waals surface area (Å²) in [5.41, 5.74) is 3.53. The lowest BCUT2D eigenvalue weighted by Crippen LogP contribution is -2.27. The summed E-state index contributed by atoms with van der Waals surface area (Å²) in [5, 5.41) is 12.0. The van der Waals surface area contributed by atoms with Gasteiger partial charge < -0.3 is 10.4 Å². The van der Waals surface area contributed by atoms with Crippen LogP contribution < -0.4 is 5.32 Å². The molecule has 0 radical (unpaired) electrons. The number of carbonyl (C=O) groups excluding carboxylic acids is 1. The molecule has 2 N–H and O–H groups in total. The molecule has 0 spiro atoms. The van der Waals surface area contributed by atoms with Gasteiger partial charge in [-0.1, -0.05) is 60.7 Å². The Morgan fingerprint density at radius 2 is 1.46 bits per heavy atom. The van der Waals surface area contributed by atoms with Gasteiger partial charge in [0.05, 0.1) is 11.6 Å². The maximum absolute atomic E-state index is 12.8. The maximum atomic E-state index is 12.8. The van der Waals surface area contributed by atoms with Gasteiger partial charge in [-0.25, -0.2) is 4.79 Å². The van der Waals surface area contributed by atoms with Crippen LogP contribution in [0.5, 0.6) is 0 Å². The Balaban J connectivity index is 1.81. The van der Waals surface area contributed by atoms with Gasteiger partial charge in [-0.05, 0) is 41.8 Å². The van der Waals surface area contributed by atoms with Crippen molar-refractivity contribution in [3.05, 3.63) is 95.6 Å². The van der Waals surface area contributed by atoms with Crippen LogP contribution in [-0.2, 0) is 0 Å². The molecular formula is C22H19NO3. The summed E-state index contributed by atoms with van der Waals surface area (Å²) in [6, 6.07) is 23.5. The van der Waals surface area contributed by atoms with Crippen LogP contribution in [0.15, 0.2) is 78.9 Å². The van der Waals surface area contributed by atoms with Gasteiger partial charge >= 0.3 is 5.97 Å². The molecule has 3 aromatic carbocycles. The normalized spacial score (nSPS) is 11.6. The average molecular weight is 345 g/mol. The molecular weight excluding hydrogens is 326 g/mol. The Hall–Kier alpha value is -3.40. The molecule has 3 rings (SSSR count). The summed E-state index contributed by atoms with van der Waals surface area (Å²) < 4.78 is 0. The second kappa shape index (κ2) is 7.66. The number of aromatic carboxylic acids is 1. The predicted octanol–water partition coefficient (Wildman–Crippen LogP) is 4.54. The summed E-state index contributed by atoms with van der Waals surface area (Å²) in [5.74, 6) is -1.13. The van der Waals surface area contributed by atoms with E-state index in [1.165, 1.54) is 12.1 Å². The number of rotatable bonds is 5. The third kappa shape index (κ3) is 3.81. The minimum atomic E-state index is -0.968. The van der Waals surface area contributed by atoms with E-state index in [0.717, 1.165) is 16.7 Å². The maximum Gasteiger partial charge on any atom is 0.335 e. The second-order valence-corrected chi connectivity index (χ2v) is 6.03. The van der Waals surface area contributed by atoms with E-state index in [4.69, 9.17) is 5.11 Å². The van der Waals surface area contributed by atoms with E-state index in [9.17, 15) is 9.59 Å². The smallest absolute Gasteiger partial charge is 0.335 e. The highest BCUT2D eigenvalue weighted by Crippen LogP contribution is 2.24. The third-order valence-electron chi connectivity index (χ3n) is 4.26. The van der Waals surface area contributed by atoms with Crippen molar-refractivity contribution in [2.75, 3.05) is 0 Å². The zero-order valence-corrected chi connectivity index (χ0v) is 14.3. The lowest BCUT2D eigenvalue weighted by atomic mass is 9.98. The largest absolute Gasteiger partial charge is 0.478 e. The number of hydrogen-bond donors (Lipinski definition) is 2. The fraction of sp³-hybridized carbons (Fsp3) is 0.0909. The lowest BCUT2D eigenvalue weighted by Gasteiger charge is -2.16. The first kappa shape index (κ1) is 17.4. The zero-order valence-electron chi connectivity index (χ0n) is 14.3. The summed E-state index contributed by atoms with van der Waals surface area (Å²) in [6.07, 6.45) is 0. The van der Waals surface area contributed by atoms with Crippen LogP contribution in [-0.4, -0.2) is 17.0 Å². The molecule has 0 heterocycles. The zero-order chi connectivity index (χ0) is 18.5. The summed E-state index contributed by atoms with van der Waals surface area (Å²) in [6.45, 7) is 1.87. The van der Waals surface area contributed by atoms with E-state index < -0.39 is 5.97 Å². The fourth-order valence-corrected chi connectivity index (χ4v) is 2.82. The van der Waals surface area contributed by atoms with E-state index in [2.05, 4.69) is 5.32 Å². The number of nitrogens with one attached hydrogen (secondary N) is 1. The minimum absolute atomic E-state index is 0.167. The molecule has 0 aliphatic rings. The Morgan fingerprint density at radius 3 is 2.12 bits per heavy atom.